The Hall–Kier alpha value is -1.84. The maximum Gasteiger partial charge on any atom is 0.315 e. The highest BCUT2D eigenvalue weighted by atomic mass is 16.5. The van der Waals surface area contributed by atoms with Crippen LogP contribution in [0.25, 0.3) is 0 Å². The van der Waals surface area contributed by atoms with Crippen LogP contribution in [0.15, 0.2) is 18.2 Å². The van der Waals surface area contributed by atoms with Crippen LogP contribution < -0.4 is 4.74 Å². The molecule has 2 atom stereocenters. The van der Waals surface area contributed by atoms with Crippen LogP contribution >= 0.6 is 0 Å². The number of unbranched alkanes of at least 4 members (excludes halogenated alkanes) is 1. The van der Waals surface area contributed by atoms with Gasteiger partial charge < -0.3 is 9.47 Å². The summed E-state index contributed by atoms with van der Waals surface area (Å²) < 4.78 is 10.9. The van der Waals surface area contributed by atoms with E-state index in [-0.39, 0.29) is 17.9 Å². The van der Waals surface area contributed by atoms with Gasteiger partial charge in [-0.15, -0.1) is 0 Å². The molecule has 1 saturated carbocycles. The third-order valence-electron chi connectivity index (χ3n) is 4.81. The van der Waals surface area contributed by atoms with Crippen LogP contribution in [0.2, 0.25) is 0 Å². The van der Waals surface area contributed by atoms with Crippen molar-refractivity contribution in [1.82, 2.24) is 0 Å². The number of carbonyl (C=O) groups excluding carboxylic acids is 2. The zero-order valence-corrected chi connectivity index (χ0v) is 15.0. The molecule has 0 saturated heterocycles. The van der Waals surface area contributed by atoms with Crippen molar-refractivity contribution in [1.29, 1.82) is 0 Å². The quantitative estimate of drug-likeness (QED) is 0.441. The van der Waals surface area contributed by atoms with Gasteiger partial charge in [-0.2, -0.15) is 0 Å². The number of ether oxygens (including phenoxy) is 2. The first kappa shape index (κ1) is 18.5. The summed E-state index contributed by atoms with van der Waals surface area (Å²) in [4.78, 5) is 24.9. The molecule has 2 unspecified atom stereocenters. The number of rotatable bonds is 6. The average Bonchev–Trinajstić information content (AvgIpc) is 2.58. The molecule has 0 spiro atoms. The fraction of sp³-hybridized carbons (Fsp3) is 0.600. The van der Waals surface area contributed by atoms with Gasteiger partial charge in [-0.3, -0.25) is 9.59 Å². The van der Waals surface area contributed by atoms with Crippen molar-refractivity contribution in [3.05, 3.63) is 29.3 Å². The highest BCUT2D eigenvalue weighted by Gasteiger charge is 2.38. The Morgan fingerprint density at radius 3 is 2.33 bits per heavy atom. The SMILES string of the molecule is CCCCOC(=O)C1CCCCC1C(=O)Oc1ccc(C)c(C)c1. The van der Waals surface area contributed by atoms with E-state index in [4.69, 9.17) is 9.47 Å². The predicted molar refractivity (Wildman–Crippen MR) is 92.9 cm³/mol. The molecule has 1 aliphatic rings. The van der Waals surface area contributed by atoms with E-state index in [1.165, 1.54) is 0 Å². The smallest absolute Gasteiger partial charge is 0.315 e. The van der Waals surface area contributed by atoms with E-state index in [2.05, 4.69) is 6.92 Å². The Bertz CT molecular complexity index is 579. The van der Waals surface area contributed by atoms with Crippen LogP contribution in [0, 0.1) is 25.7 Å². The van der Waals surface area contributed by atoms with Crippen LogP contribution in [0.5, 0.6) is 5.75 Å². The second kappa shape index (κ2) is 8.86. The normalized spacial score (nSPS) is 20.5. The average molecular weight is 332 g/mol. The Morgan fingerprint density at radius 1 is 1.04 bits per heavy atom. The minimum absolute atomic E-state index is 0.245. The number of carbonyl (C=O) groups is 2. The summed E-state index contributed by atoms with van der Waals surface area (Å²) in [7, 11) is 0. The van der Waals surface area contributed by atoms with E-state index >= 15 is 0 Å². The number of aryl methyl sites for hydroxylation is 2. The van der Waals surface area contributed by atoms with Crippen LogP contribution in [0.4, 0.5) is 0 Å². The summed E-state index contributed by atoms with van der Waals surface area (Å²) in [5.74, 6) is -0.767. The van der Waals surface area contributed by atoms with Crippen molar-refractivity contribution in [3.63, 3.8) is 0 Å². The minimum Gasteiger partial charge on any atom is -0.465 e. The summed E-state index contributed by atoms with van der Waals surface area (Å²) in [5, 5.41) is 0. The lowest BCUT2D eigenvalue weighted by Crippen LogP contribution is -2.36. The van der Waals surface area contributed by atoms with E-state index in [1.807, 2.05) is 26.0 Å². The molecule has 132 valence electrons. The molecule has 24 heavy (non-hydrogen) atoms. The first-order valence-corrected chi connectivity index (χ1v) is 8.98. The molecule has 0 aliphatic heterocycles. The van der Waals surface area contributed by atoms with Gasteiger partial charge in [0.1, 0.15) is 5.75 Å². The monoisotopic (exact) mass is 332 g/mol. The van der Waals surface area contributed by atoms with Crippen LogP contribution in [0.3, 0.4) is 0 Å². The van der Waals surface area contributed by atoms with Gasteiger partial charge in [0.2, 0.25) is 0 Å². The molecule has 4 heteroatoms. The Labute approximate surface area is 144 Å². The molecule has 0 amide bonds. The van der Waals surface area contributed by atoms with Gasteiger partial charge in [0, 0.05) is 0 Å². The highest BCUT2D eigenvalue weighted by Crippen LogP contribution is 2.32. The number of benzene rings is 1. The molecule has 0 heterocycles. The van der Waals surface area contributed by atoms with Crippen molar-refractivity contribution < 1.29 is 19.1 Å². The van der Waals surface area contributed by atoms with E-state index in [1.54, 1.807) is 6.07 Å². The molecule has 0 aromatic heterocycles. The van der Waals surface area contributed by atoms with Crippen LogP contribution in [0.1, 0.15) is 56.6 Å². The Kier molecular flexibility index (Phi) is 6.83. The zero-order valence-electron chi connectivity index (χ0n) is 15.0. The summed E-state index contributed by atoms with van der Waals surface area (Å²) >= 11 is 0. The van der Waals surface area contributed by atoms with Gasteiger partial charge in [0.05, 0.1) is 18.4 Å². The Morgan fingerprint density at radius 2 is 1.71 bits per heavy atom. The number of hydrogen-bond acceptors (Lipinski definition) is 4. The highest BCUT2D eigenvalue weighted by molar-refractivity contribution is 5.83. The summed E-state index contributed by atoms with van der Waals surface area (Å²) in [6, 6.07) is 5.61. The molecule has 0 radical (unpaired) electrons. The summed E-state index contributed by atoms with van der Waals surface area (Å²) in [5.41, 5.74) is 2.24. The van der Waals surface area contributed by atoms with Gasteiger partial charge in [-0.05, 0) is 56.4 Å². The van der Waals surface area contributed by atoms with Crippen LogP contribution in [-0.2, 0) is 14.3 Å². The first-order chi connectivity index (χ1) is 11.5. The second-order valence-corrected chi connectivity index (χ2v) is 6.69. The zero-order chi connectivity index (χ0) is 17.5. The maximum absolute atomic E-state index is 12.6. The van der Waals surface area contributed by atoms with E-state index in [0.29, 0.717) is 25.2 Å². The molecular weight excluding hydrogens is 304 g/mol. The molecular formula is C20H28O4. The molecule has 1 fully saturated rings. The first-order valence-electron chi connectivity index (χ1n) is 8.98. The topological polar surface area (TPSA) is 52.6 Å². The number of hydrogen-bond donors (Lipinski definition) is 0. The standard InChI is InChI=1S/C20H28O4/c1-4-5-12-23-19(21)17-8-6-7-9-18(17)20(22)24-16-11-10-14(2)15(3)13-16/h10-11,13,17-18H,4-9,12H2,1-3H3. The van der Waals surface area contributed by atoms with Gasteiger partial charge in [0.15, 0.2) is 0 Å². The van der Waals surface area contributed by atoms with Crippen LogP contribution in [-0.4, -0.2) is 18.5 Å². The van der Waals surface area contributed by atoms with Crippen molar-refractivity contribution in [2.45, 2.75) is 59.3 Å². The second-order valence-electron chi connectivity index (χ2n) is 6.69. The Balaban J connectivity index is 2.01. The van der Waals surface area contributed by atoms with Crippen molar-refractivity contribution in [2.24, 2.45) is 11.8 Å². The van der Waals surface area contributed by atoms with Crippen molar-refractivity contribution in [3.8, 4) is 5.75 Å². The van der Waals surface area contributed by atoms with Gasteiger partial charge >= 0.3 is 11.9 Å². The lowest BCUT2D eigenvalue weighted by molar-refractivity contribution is -0.158. The van der Waals surface area contributed by atoms with Crippen molar-refractivity contribution >= 4 is 11.9 Å². The van der Waals surface area contributed by atoms with Gasteiger partial charge in [-0.25, -0.2) is 0 Å². The maximum atomic E-state index is 12.6. The fourth-order valence-electron chi connectivity index (χ4n) is 3.09. The lowest BCUT2D eigenvalue weighted by atomic mass is 9.79. The lowest BCUT2D eigenvalue weighted by Gasteiger charge is -2.28. The number of esters is 2. The van der Waals surface area contributed by atoms with Crippen molar-refractivity contribution in [2.75, 3.05) is 6.61 Å². The molecule has 1 aromatic rings. The summed E-state index contributed by atoms with van der Waals surface area (Å²) in [6.45, 7) is 6.49. The third-order valence-corrected chi connectivity index (χ3v) is 4.81. The van der Waals surface area contributed by atoms with E-state index < -0.39 is 5.92 Å². The minimum atomic E-state index is -0.394. The van der Waals surface area contributed by atoms with E-state index in [0.717, 1.165) is 36.8 Å². The molecule has 0 bridgehead atoms. The molecule has 1 aliphatic carbocycles. The molecule has 1 aromatic carbocycles. The molecule has 4 nitrogen and oxygen atoms in total. The van der Waals surface area contributed by atoms with Gasteiger partial charge in [0.25, 0.3) is 0 Å². The van der Waals surface area contributed by atoms with E-state index in [9.17, 15) is 9.59 Å². The largest absolute Gasteiger partial charge is 0.465 e. The third kappa shape index (κ3) is 4.83. The fourth-order valence-corrected chi connectivity index (χ4v) is 3.09. The summed E-state index contributed by atoms with van der Waals surface area (Å²) in [6.07, 6.45) is 5.15. The predicted octanol–water partition coefficient (Wildman–Crippen LogP) is 4.36. The van der Waals surface area contributed by atoms with Gasteiger partial charge in [-0.1, -0.05) is 32.3 Å². The molecule has 2 rings (SSSR count). The molecule has 0 N–H and O–H groups in total.